The molecule has 0 unspecified atom stereocenters. The van der Waals surface area contributed by atoms with Crippen molar-refractivity contribution in [2.75, 3.05) is 13.2 Å². The average Bonchev–Trinajstić information content (AvgIpc) is 1.60. The number of nitrogens with one attached hydrogen (secondary N) is 1. The molecule has 0 saturated carbocycles. The number of thiazole rings is 3. The predicted molar refractivity (Wildman–Crippen MR) is 430 cm³/mol. The zero-order valence-electron chi connectivity index (χ0n) is 60.5. The van der Waals surface area contributed by atoms with Crippen molar-refractivity contribution in [3.8, 4) is 0 Å². The van der Waals surface area contributed by atoms with E-state index in [1.54, 1.807) is 78.7 Å². The Morgan fingerprint density at radius 1 is 0.495 bits per heavy atom. The lowest BCUT2D eigenvalue weighted by atomic mass is 10.1. The first-order chi connectivity index (χ1) is 51.7. The molecule has 0 atom stereocenters. The SMILES string of the molecule is C1=CN=CC1.Cn1c2nc(CCl)sc2c2cnn(Cc3cccc4c3cnn4COCC[Si](C)(C)C)c(=O)c21.Cn1c2nc(Cn3ccnc3)sc2c2cnn(Cc3cccc4[nH]ncc34)c(=O)c21.Cn1c2nc(Cn3ccnc3)sc2c2cnn(Cc3cccc4c3cnn4COCC[Si](C)(C)C)c(=O)c21. The second kappa shape index (κ2) is 30.4. The van der Waals surface area contributed by atoms with E-state index in [1.807, 2.05) is 145 Å². The van der Waals surface area contributed by atoms with Crippen LogP contribution in [0, 0.1) is 0 Å². The van der Waals surface area contributed by atoms with Gasteiger partial charge in [0.1, 0.15) is 45.0 Å². The fraction of sp³-hybridized carbons (Fsp3) is 0.301. The Bertz CT molecular complexity index is 6340. The molecule has 17 aromatic rings. The molecular formula is C73H78ClN23O5S3Si2. The molecule has 0 spiro atoms. The van der Waals surface area contributed by atoms with Gasteiger partial charge in [0.05, 0.1) is 119 Å². The molecule has 34 heteroatoms. The zero-order valence-corrected chi connectivity index (χ0v) is 65.7. The number of fused-ring (bicyclic) bond motifs is 12. The van der Waals surface area contributed by atoms with Crippen molar-refractivity contribution in [1.82, 2.24) is 107 Å². The van der Waals surface area contributed by atoms with Crippen molar-refractivity contribution in [1.29, 1.82) is 0 Å². The maximum absolute atomic E-state index is 13.6. The second-order valence-corrected chi connectivity index (χ2v) is 43.3. The first kappa shape index (κ1) is 72.1. The number of hydrogen-bond donors (Lipinski definition) is 1. The molecule has 18 rings (SSSR count). The van der Waals surface area contributed by atoms with Gasteiger partial charge in [-0.3, -0.25) is 24.5 Å². The van der Waals surface area contributed by atoms with Gasteiger partial charge in [0.15, 0.2) is 16.9 Å². The number of rotatable bonds is 21. The Balaban J connectivity index is 0.000000125. The van der Waals surface area contributed by atoms with E-state index in [-0.39, 0.29) is 16.7 Å². The Kier molecular flexibility index (Phi) is 20.5. The summed E-state index contributed by atoms with van der Waals surface area (Å²) >= 11 is 10.6. The van der Waals surface area contributed by atoms with Crippen LogP contribution in [-0.4, -0.2) is 142 Å². The van der Waals surface area contributed by atoms with Crippen LogP contribution in [0.4, 0.5) is 0 Å². The van der Waals surface area contributed by atoms with E-state index in [9.17, 15) is 14.4 Å². The highest BCUT2D eigenvalue weighted by Gasteiger charge is 2.24. The molecule has 0 amide bonds. The number of nitrogens with zero attached hydrogens (tertiary/aromatic N) is 22. The highest BCUT2D eigenvalue weighted by Crippen LogP contribution is 2.35. The van der Waals surface area contributed by atoms with E-state index < -0.39 is 16.1 Å². The molecule has 1 aliphatic rings. The molecular weight excluding hydrogens is 1470 g/mol. The minimum Gasteiger partial charge on any atom is -0.360 e. The van der Waals surface area contributed by atoms with Crippen LogP contribution in [0.2, 0.25) is 51.4 Å². The van der Waals surface area contributed by atoms with Gasteiger partial charge in [0, 0.05) is 126 Å². The van der Waals surface area contributed by atoms with Crippen LogP contribution in [0.25, 0.3) is 96.5 Å². The summed E-state index contributed by atoms with van der Waals surface area (Å²) in [6.45, 7) is 18.7. The van der Waals surface area contributed by atoms with Gasteiger partial charge in [-0.1, -0.05) is 81.8 Å². The molecule has 107 heavy (non-hydrogen) atoms. The van der Waals surface area contributed by atoms with Gasteiger partial charge < -0.3 is 32.3 Å². The van der Waals surface area contributed by atoms with E-state index in [0.717, 1.165) is 143 Å². The molecule has 548 valence electrons. The van der Waals surface area contributed by atoms with Crippen LogP contribution in [0.3, 0.4) is 0 Å². The van der Waals surface area contributed by atoms with Crippen molar-refractivity contribution in [2.45, 2.75) is 110 Å². The topological polar surface area (TPSA) is 289 Å². The van der Waals surface area contributed by atoms with E-state index >= 15 is 0 Å². The molecule has 0 radical (unpaired) electrons. The molecule has 1 N–H and O–H groups in total. The summed E-state index contributed by atoms with van der Waals surface area (Å²) in [4.78, 5) is 66.3. The minimum absolute atomic E-state index is 0.128. The van der Waals surface area contributed by atoms with Crippen molar-refractivity contribution >= 4 is 164 Å². The number of alkyl halides is 1. The number of aromatic amines is 1. The van der Waals surface area contributed by atoms with Gasteiger partial charge in [-0.2, -0.15) is 30.6 Å². The highest BCUT2D eigenvalue weighted by molar-refractivity contribution is 7.20. The van der Waals surface area contributed by atoms with Gasteiger partial charge in [0.25, 0.3) is 16.7 Å². The molecule has 3 aromatic carbocycles. The zero-order chi connectivity index (χ0) is 74.3. The fourth-order valence-corrected chi connectivity index (χ4v) is 17.8. The summed E-state index contributed by atoms with van der Waals surface area (Å²) in [5.74, 6) is 0.354. The van der Waals surface area contributed by atoms with E-state index in [1.165, 1.54) is 25.4 Å². The van der Waals surface area contributed by atoms with Crippen LogP contribution in [0.15, 0.2) is 161 Å². The highest BCUT2D eigenvalue weighted by atomic mass is 35.5. The normalized spacial score (nSPS) is 12.5. The summed E-state index contributed by atoms with van der Waals surface area (Å²) in [6, 6.07) is 20.2. The summed E-state index contributed by atoms with van der Waals surface area (Å²) in [7, 11) is 3.37. The van der Waals surface area contributed by atoms with Gasteiger partial charge in [-0.25, -0.2) is 48.3 Å². The summed E-state index contributed by atoms with van der Waals surface area (Å²) < 4.78 is 32.5. The van der Waals surface area contributed by atoms with Crippen molar-refractivity contribution < 1.29 is 9.47 Å². The van der Waals surface area contributed by atoms with E-state index in [0.29, 0.717) is 68.6 Å². The van der Waals surface area contributed by atoms with Gasteiger partial charge >= 0.3 is 0 Å². The quantitative estimate of drug-likeness (QED) is 0.0397. The summed E-state index contributed by atoms with van der Waals surface area (Å²) in [6.07, 6.45) is 28.4. The number of aromatic nitrogens is 22. The molecule has 0 saturated heterocycles. The van der Waals surface area contributed by atoms with Crippen LogP contribution in [0.1, 0.15) is 38.1 Å². The monoisotopic (exact) mass is 1540 g/mol. The Morgan fingerprint density at radius 3 is 1.30 bits per heavy atom. The number of benzene rings is 3. The van der Waals surface area contributed by atoms with Crippen molar-refractivity contribution in [3.05, 3.63) is 204 Å². The smallest absolute Gasteiger partial charge is 0.291 e. The third-order valence-corrected chi connectivity index (χ3v) is 25.6. The Hall–Kier alpha value is -10.5. The number of imidazole rings is 2. The standard InChI is InChI=1S/C26H30N8O2SSi.C23H27ClN6O2SSi.C20H16N8OS.C4H5N/c1-31-23-20(24-25(31)30-22(37-24)15-32-9-8-27-16-32)13-28-33(26(23)35)14-18-6-5-7-21-19(18)12-29-34(21)17-36-10-11-38(2,3)4;1-28-20-17(21-22(28)27-19(10-24)33-21)12-25-29(23(20)31)13-15-6-5-7-18-16(15)11-26-30(18)14-32-8-9-34(2,3)4;1-26-17-14(18-19(26)24-16(30-18)10-27-6-5-21-11-27)8-23-28(20(17)29)9-12-3-2-4-15-13(12)7-22-25-15;1-2-4-5-3-1/h5-9,12-13,16H,10-11,14-15,17H2,1-4H3;5-7,11-12H,8-10,13-14H2,1-4H3;2-8,11H,9-10H2,1H3,(H,22,25);1,3-4H,2H2. The third-order valence-electron chi connectivity index (χ3n) is 18.6. The molecule has 28 nitrogen and oxygen atoms in total. The number of halogens is 1. The summed E-state index contributed by atoms with van der Waals surface area (Å²) in [5.41, 5.74) is 9.67. The van der Waals surface area contributed by atoms with Crippen LogP contribution in [-0.2, 0) is 82.7 Å². The van der Waals surface area contributed by atoms with Gasteiger partial charge in [-0.05, 0) is 47.0 Å². The number of hydrogen-bond acceptors (Lipinski definition) is 20. The van der Waals surface area contributed by atoms with Crippen LogP contribution < -0.4 is 16.7 Å². The number of allylic oxidation sites excluding steroid dienone is 1. The first-order valence-corrected chi connectivity index (χ1v) is 45.2. The van der Waals surface area contributed by atoms with Gasteiger partial charge in [0.2, 0.25) is 0 Å². The molecule has 15 heterocycles. The van der Waals surface area contributed by atoms with Crippen LogP contribution >= 0.6 is 45.6 Å². The second-order valence-electron chi connectivity index (χ2n) is 28.6. The van der Waals surface area contributed by atoms with Crippen LogP contribution in [0.5, 0.6) is 0 Å². The molecule has 0 fully saturated rings. The lowest BCUT2D eigenvalue weighted by molar-refractivity contribution is 0.0816. The number of H-pyrrole nitrogens is 1. The van der Waals surface area contributed by atoms with Crippen molar-refractivity contribution in [3.63, 3.8) is 0 Å². The Morgan fingerprint density at radius 2 is 0.907 bits per heavy atom. The van der Waals surface area contributed by atoms with E-state index in [4.69, 9.17) is 31.0 Å². The van der Waals surface area contributed by atoms with Crippen molar-refractivity contribution in [2.24, 2.45) is 26.1 Å². The lowest BCUT2D eigenvalue weighted by Crippen LogP contribution is -2.24. The number of aliphatic imine (C=N–C) groups is 1. The average molecular weight is 1550 g/mol. The predicted octanol–water partition coefficient (Wildman–Crippen LogP) is 12.6. The third kappa shape index (κ3) is 15.0. The molecule has 14 aromatic heterocycles. The molecule has 0 bridgehead atoms. The molecule has 1 aliphatic heterocycles. The Labute approximate surface area is 630 Å². The molecule has 0 aliphatic carbocycles. The summed E-state index contributed by atoms with van der Waals surface area (Å²) in [5, 5.41) is 37.9. The largest absolute Gasteiger partial charge is 0.360 e. The van der Waals surface area contributed by atoms with Gasteiger partial charge in [-0.15, -0.1) is 45.6 Å². The maximum Gasteiger partial charge on any atom is 0.291 e. The van der Waals surface area contributed by atoms with E-state index in [2.05, 4.69) is 94.9 Å². The fourth-order valence-electron chi connectivity index (χ4n) is 12.9. The number of ether oxygens (including phenoxy) is 2. The first-order valence-electron chi connectivity index (χ1n) is 34.8. The maximum atomic E-state index is 13.6. The lowest BCUT2D eigenvalue weighted by Gasteiger charge is -2.15. The minimum atomic E-state index is -1.14. The number of aryl methyl sites for hydroxylation is 3.